The predicted octanol–water partition coefficient (Wildman–Crippen LogP) is 5.09. The fourth-order valence-corrected chi connectivity index (χ4v) is 9.47. The summed E-state index contributed by atoms with van der Waals surface area (Å²) < 4.78 is 23.1. The van der Waals surface area contributed by atoms with Crippen LogP contribution in [0.15, 0.2) is 84.8 Å². The third-order valence-electron chi connectivity index (χ3n) is 13.1. The second-order valence-corrected chi connectivity index (χ2v) is 18.0. The van der Waals surface area contributed by atoms with Crippen LogP contribution in [0.2, 0.25) is 0 Å². The van der Waals surface area contributed by atoms with E-state index in [0.29, 0.717) is 72.7 Å². The van der Waals surface area contributed by atoms with E-state index in [9.17, 15) is 24.0 Å². The van der Waals surface area contributed by atoms with Crippen LogP contribution in [0.4, 0.5) is 10.2 Å². The number of carbonyl (C=O) groups is 6. The largest absolute Gasteiger partial charge is 0.457 e. The zero-order valence-electron chi connectivity index (χ0n) is 40.4. The number of rotatable bonds is 12. The monoisotopic (exact) mass is 1050 g/mol. The SMILES string of the molecule is C=O.O=C1CCC(N2Cc3[c-]cccc3C2=O)C(=O)C1.[C-]#[N+]/C(=C\C(C)(C)N1CCN(CCNC([CH2-])=O)CC1)C(=O)N1CCC[C@H]1Cn1nc(-c2ccc(Oc3ccccc3)cc2F)c2c(N)ncnc21.[Y]. The molecule has 5 heterocycles. The summed E-state index contributed by atoms with van der Waals surface area (Å²) in [5.74, 6) is -0.348. The quantitative estimate of drug-likeness (QED) is 0.0949. The van der Waals surface area contributed by atoms with E-state index in [4.69, 9.17) is 26.9 Å². The number of fused-ring (bicyclic) bond motifs is 2. The number of hydrogen-bond acceptors (Lipinski definition) is 13. The normalized spacial score (nSPS) is 18.2. The molecule has 9 rings (SSSR count). The number of carbonyl (C=O) groups excluding carboxylic acids is 6. The van der Waals surface area contributed by atoms with Gasteiger partial charge in [0.1, 0.15) is 47.7 Å². The van der Waals surface area contributed by atoms with Gasteiger partial charge in [0.15, 0.2) is 17.3 Å². The van der Waals surface area contributed by atoms with E-state index in [2.05, 4.69) is 42.9 Å². The van der Waals surface area contributed by atoms with Gasteiger partial charge in [-0.15, -0.1) is 5.56 Å². The molecular formula is C52H56FN11O7Y-2. The van der Waals surface area contributed by atoms with Gasteiger partial charge in [-0.25, -0.2) is 23.9 Å². The van der Waals surface area contributed by atoms with Gasteiger partial charge in [0.05, 0.1) is 42.9 Å². The minimum atomic E-state index is -0.547. The minimum Gasteiger partial charge on any atom is -0.457 e. The third kappa shape index (κ3) is 12.7. The number of hydrogen-bond donors (Lipinski definition) is 2. The van der Waals surface area contributed by atoms with Crippen molar-refractivity contribution in [3.63, 3.8) is 0 Å². The van der Waals surface area contributed by atoms with E-state index in [1.165, 1.54) is 12.4 Å². The molecular weight excluding hydrogens is 999 g/mol. The number of ether oxygens (including phenoxy) is 1. The Hall–Kier alpha value is -6.72. The van der Waals surface area contributed by atoms with Gasteiger partial charge in [-0.2, -0.15) is 29.4 Å². The van der Waals surface area contributed by atoms with Crippen LogP contribution < -0.4 is 15.8 Å². The number of nitrogens with zero attached hydrogens (tertiary/aromatic N) is 9. The first-order chi connectivity index (χ1) is 34.2. The molecule has 0 bridgehead atoms. The van der Waals surface area contributed by atoms with Crippen LogP contribution in [-0.2, 0) is 69.8 Å². The fraction of sp³-hybridized carbons (Fsp3) is 0.365. The molecule has 18 nitrogen and oxygen atoms in total. The molecule has 4 aliphatic rings. The summed E-state index contributed by atoms with van der Waals surface area (Å²) in [6.45, 7) is 23.0. The van der Waals surface area contributed by atoms with E-state index in [-0.39, 0.29) is 98.1 Å². The van der Waals surface area contributed by atoms with Crippen LogP contribution in [0.3, 0.4) is 0 Å². The van der Waals surface area contributed by atoms with Crippen molar-refractivity contribution in [2.45, 2.75) is 76.7 Å². The van der Waals surface area contributed by atoms with Crippen molar-refractivity contribution in [1.29, 1.82) is 0 Å². The standard InChI is InChI=1S/C37H42FN10O3.C14H12NO3.CH2O.Y/c1-25(49)41-14-16-45-17-19-46(20-18-45)37(2,3)22-31(40-4)36(50)47-15-8-9-26(47)23-48-35-32(34(39)42-24-43-35)33(44-48)29-13-12-28(21-30(29)38)51-27-10-6-5-7-11-27;16-10-5-6-12(13(17)7-10)15-8-9-3-1-2-4-11(9)14(15)18;1-2;/h5-7,10-13,21-22,24,26H,1,8-9,14-20,23H2,2-3H3,(H,41,49)(H2,39,42,43);1-2,4,12H,5-8H2;1H2;/q2*-1;;/b31-22-;;;/t26-;;;/m0.../s1. The van der Waals surface area contributed by atoms with Crippen molar-refractivity contribution in [1.82, 2.24) is 44.7 Å². The van der Waals surface area contributed by atoms with Crippen molar-refractivity contribution in [2.24, 2.45) is 0 Å². The summed E-state index contributed by atoms with van der Waals surface area (Å²) >= 11 is 0. The molecule has 3 aliphatic heterocycles. The number of piperazine rings is 1. The Labute approximate surface area is 442 Å². The third-order valence-corrected chi connectivity index (χ3v) is 13.1. The maximum Gasteiger partial charge on any atom is 0.252 e. The van der Waals surface area contributed by atoms with Gasteiger partial charge in [-0.3, -0.25) is 29.0 Å². The average molecular weight is 1050 g/mol. The Bertz CT molecular complexity index is 2860. The molecule has 3 aromatic carbocycles. The summed E-state index contributed by atoms with van der Waals surface area (Å²) in [5, 5.41) is 7.92. The molecule has 2 aromatic heterocycles. The van der Waals surface area contributed by atoms with Crippen LogP contribution in [0.5, 0.6) is 11.5 Å². The molecule has 2 saturated heterocycles. The topological polar surface area (TPSA) is 211 Å². The number of nitrogen functional groups attached to an aromatic ring is 1. The Morgan fingerprint density at radius 3 is 2.44 bits per heavy atom. The predicted molar refractivity (Wildman–Crippen MR) is 261 cm³/mol. The summed E-state index contributed by atoms with van der Waals surface area (Å²) in [7, 11) is 0. The van der Waals surface area contributed by atoms with Crippen LogP contribution >= 0.6 is 0 Å². The number of para-hydroxylation sites is 1. The Morgan fingerprint density at radius 2 is 1.76 bits per heavy atom. The molecule has 1 aliphatic carbocycles. The molecule has 373 valence electrons. The van der Waals surface area contributed by atoms with Gasteiger partial charge in [-0.1, -0.05) is 29.8 Å². The van der Waals surface area contributed by atoms with Crippen molar-refractivity contribution in [3.05, 3.63) is 126 Å². The van der Waals surface area contributed by atoms with Crippen LogP contribution in [0.25, 0.3) is 27.1 Å². The van der Waals surface area contributed by atoms with Crippen molar-refractivity contribution >= 4 is 52.9 Å². The Kier molecular flexibility index (Phi) is 18.7. The number of likely N-dealkylation sites (tertiary alicyclic amines) is 1. The average Bonchev–Trinajstić information content (AvgIpc) is 4.08. The molecule has 3 fully saturated rings. The van der Waals surface area contributed by atoms with E-state index < -0.39 is 17.4 Å². The molecule has 0 spiro atoms. The van der Waals surface area contributed by atoms with Gasteiger partial charge in [0.2, 0.25) is 5.70 Å². The summed E-state index contributed by atoms with van der Waals surface area (Å²) in [6.07, 6.45) is 5.40. The number of nitrogens with one attached hydrogen (secondary N) is 1. The molecule has 5 aromatic rings. The van der Waals surface area contributed by atoms with E-state index in [1.54, 1.807) is 63.0 Å². The van der Waals surface area contributed by atoms with Crippen molar-refractivity contribution in [3.8, 4) is 22.8 Å². The first-order valence-electron chi connectivity index (χ1n) is 23.3. The van der Waals surface area contributed by atoms with Crippen LogP contribution in [0.1, 0.15) is 61.9 Å². The molecule has 3 amide bonds. The van der Waals surface area contributed by atoms with E-state index in [0.717, 1.165) is 44.7 Å². The molecule has 3 N–H and O–H groups in total. The second-order valence-electron chi connectivity index (χ2n) is 18.0. The van der Waals surface area contributed by atoms with Crippen molar-refractivity contribution < 1.29 is 70.6 Å². The number of ketones is 2. The zero-order chi connectivity index (χ0) is 50.8. The zero-order valence-corrected chi connectivity index (χ0v) is 43.2. The maximum absolute atomic E-state index is 15.7. The van der Waals surface area contributed by atoms with Crippen LogP contribution in [0, 0.1) is 25.4 Å². The first kappa shape index (κ1) is 54.6. The van der Waals surface area contributed by atoms with Gasteiger partial charge in [-0.05, 0) is 57.4 Å². The molecule has 72 heavy (non-hydrogen) atoms. The fourth-order valence-electron chi connectivity index (χ4n) is 9.47. The molecule has 1 unspecified atom stereocenters. The molecule has 20 heteroatoms. The summed E-state index contributed by atoms with van der Waals surface area (Å²) in [4.78, 5) is 88.5. The maximum atomic E-state index is 15.7. The number of halogens is 1. The number of Topliss-reactive ketones (excluding diaryl/α,β-unsaturated/α-hetero) is 2. The first-order valence-corrected chi connectivity index (χ1v) is 23.3. The number of benzene rings is 3. The van der Waals surface area contributed by atoms with Gasteiger partial charge >= 0.3 is 0 Å². The van der Waals surface area contributed by atoms with Gasteiger partial charge in [0, 0.05) is 109 Å². The van der Waals surface area contributed by atoms with Crippen LogP contribution in [-0.4, -0.2) is 139 Å². The Morgan fingerprint density at radius 1 is 1.01 bits per heavy atom. The molecule has 1 saturated carbocycles. The van der Waals surface area contributed by atoms with Gasteiger partial charge < -0.3 is 42.1 Å². The van der Waals surface area contributed by atoms with Gasteiger partial charge in [0.25, 0.3) is 5.91 Å². The number of amides is 3. The number of nitrogens with two attached hydrogens (primary N) is 1. The smallest absolute Gasteiger partial charge is 0.252 e. The summed E-state index contributed by atoms with van der Waals surface area (Å²) in [5.41, 5.74) is 8.25. The Balaban J connectivity index is 0.000000336. The number of anilines is 1. The second kappa shape index (κ2) is 24.6. The molecule has 1 radical (unpaired) electrons. The van der Waals surface area contributed by atoms with E-state index in [1.807, 2.05) is 38.8 Å². The molecule has 2 atom stereocenters. The minimum absolute atomic E-state index is 0. The summed E-state index contributed by atoms with van der Waals surface area (Å²) in [6, 6.07) is 21.3. The van der Waals surface area contributed by atoms with Crippen molar-refractivity contribution in [2.75, 3.05) is 51.5 Å². The number of aromatic nitrogens is 4. The van der Waals surface area contributed by atoms with E-state index >= 15 is 4.39 Å².